The van der Waals surface area contributed by atoms with E-state index in [1.54, 1.807) is 0 Å². The summed E-state index contributed by atoms with van der Waals surface area (Å²) in [6.45, 7) is 4.03. The van der Waals surface area contributed by atoms with Crippen molar-refractivity contribution in [3.63, 3.8) is 0 Å². The molecule has 2 atom stereocenters. The molecule has 3 rings (SSSR count). The number of pyridine rings is 1. The molecule has 106 valence electrons. The Morgan fingerprint density at radius 3 is 3.05 bits per heavy atom. The van der Waals surface area contributed by atoms with Gasteiger partial charge in [0.1, 0.15) is 0 Å². The van der Waals surface area contributed by atoms with Crippen LogP contribution in [-0.2, 0) is 4.74 Å². The van der Waals surface area contributed by atoms with Gasteiger partial charge in [0.15, 0.2) is 0 Å². The lowest BCUT2D eigenvalue weighted by Gasteiger charge is -2.22. The van der Waals surface area contributed by atoms with Crippen molar-refractivity contribution in [3.05, 3.63) is 42.1 Å². The van der Waals surface area contributed by atoms with Crippen molar-refractivity contribution >= 4 is 10.9 Å². The number of benzene rings is 1. The number of para-hydroxylation sites is 1. The zero-order valence-electron chi connectivity index (χ0n) is 12.0. The van der Waals surface area contributed by atoms with Gasteiger partial charge in [0.05, 0.1) is 11.6 Å². The van der Waals surface area contributed by atoms with Crippen molar-refractivity contribution in [1.82, 2.24) is 10.3 Å². The standard InChI is InChI=1S/C17H22N2O/c1-2-18-16(12-14-8-5-11-20-14)15-9-3-6-13-7-4-10-19-17(13)15/h3-4,6-7,9-10,14,16,18H,2,5,8,11-12H2,1H3. The lowest BCUT2D eigenvalue weighted by Crippen LogP contribution is -2.25. The fourth-order valence-electron chi connectivity index (χ4n) is 3.07. The van der Waals surface area contributed by atoms with Crippen molar-refractivity contribution in [3.8, 4) is 0 Å². The van der Waals surface area contributed by atoms with E-state index in [-0.39, 0.29) is 0 Å². The largest absolute Gasteiger partial charge is 0.378 e. The molecule has 3 nitrogen and oxygen atoms in total. The highest BCUT2D eigenvalue weighted by atomic mass is 16.5. The second-order valence-electron chi connectivity index (χ2n) is 5.40. The molecule has 2 unspecified atom stereocenters. The van der Waals surface area contributed by atoms with Crippen LogP contribution in [0.2, 0.25) is 0 Å². The van der Waals surface area contributed by atoms with Gasteiger partial charge in [-0.05, 0) is 37.4 Å². The van der Waals surface area contributed by atoms with Gasteiger partial charge in [-0.2, -0.15) is 0 Å². The molecule has 1 N–H and O–H groups in total. The van der Waals surface area contributed by atoms with Crippen molar-refractivity contribution in [2.75, 3.05) is 13.2 Å². The summed E-state index contributed by atoms with van der Waals surface area (Å²) in [6, 6.07) is 10.9. The molecule has 0 aliphatic carbocycles. The average Bonchev–Trinajstić information content (AvgIpc) is 2.99. The normalized spacial score (nSPS) is 20.4. The molecular weight excluding hydrogens is 248 g/mol. The molecule has 1 aliphatic heterocycles. The summed E-state index contributed by atoms with van der Waals surface area (Å²) < 4.78 is 5.80. The quantitative estimate of drug-likeness (QED) is 0.903. The van der Waals surface area contributed by atoms with E-state index in [0.29, 0.717) is 12.1 Å². The third kappa shape index (κ3) is 2.84. The Morgan fingerprint density at radius 1 is 1.35 bits per heavy atom. The minimum atomic E-state index is 0.321. The zero-order chi connectivity index (χ0) is 13.8. The molecule has 0 radical (unpaired) electrons. The summed E-state index contributed by atoms with van der Waals surface area (Å²) in [4.78, 5) is 4.58. The van der Waals surface area contributed by atoms with Crippen LogP contribution in [-0.4, -0.2) is 24.2 Å². The first-order chi connectivity index (χ1) is 9.88. The number of nitrogens with zero attached hydrogens (tertiary/aromatic N) is 1. The monoisotopic (exact) mass is 270 g/mol. The van der Waals surface area contributed by atoms with Gasteiger partial charge in [-0.1, -0.05) is 31.2 Å². The van der Waals surface area contributed by atoms with Crippen LogP contribution >= 0.6 is 0 Å². The van der Waals surface area contributed by atoms with Gasteiger partial charge in [-0.15, -0.1) is 0 Å². The maximum atomic E-state index is 5.80. The number of aromatic nitrogens is 1. The Morgan fingerprint density at radius 2 is 2.25 bits per heavy atom. The third-order valence-corrected chi connectivity index (χ3v) is 4.01. The Balaban J connectivity index is 1.91. The van der Waals surface area contributed by atoms with Gasteiger partial charge in [0.25, 0.3) is 0 Å². The SMILES string of the molecule is CCNC(CC1CCCO1)c1cccc2cccnc12. The molecular formula is C17H22N2O. The Hall–Kier alpha value is -1.45. The summed E-state index contributed by atoms with van der Waals surface area (Å²) in [5, 5.41) is 4.81. The van der Waals surface area contributed by atoms with Crippen LogP contribution in [0.4, 0.5) is 0 Å². The van der Waals surface area contributed by atoms with E-state index >= 15 is 0 Å². The topological polar surface area (TPSA) is 34.1 Å². The molecule has 0 spiro atoms. The van der Waals surface area contributed by atoms with E-state index in [4.69, 9.17) is 4.74 Å². The predicted molar refractivity (Wildman–Crippen MR) is 81.8 cm³/mol. The van der Waals surface area contributed by atoms with Crippen molar-refractivity contribution in [2.45, 2.75) is 38.3 Å². The maximum Gasteiger partial charge on any atom is 0.0749 e. The van der Waals surface area contributed by atoms with Crippen LogP contribution in [0.5, 0.6) is 0 Å². The first kappa shape index (κ1) is 13.5. The van der Waals surface area contributed by atoms with Gasteiger partial charge in [0.2, 0.25) is 0 Å². The lowest BCUT2D eigenvalue weighted by atomic mass is 9.97. The zero-order valence-corrected chi connectivity index (χ0v) is 12.0. The highest BCUT2D eigenvalue weighted by Crippen LogP contribution is 2.29. The number of hydrogen-bond donors (Lipinski definition) is 1. The number of ether oxygens (including phenoxy) is 1. The third-order valence-electron chi connectivity index (χ3n) is 4.01. The second kappa shape index (κ2) is 6.33. The molecule has 3 heteroatoms. The number of nitrogens with one attached hydrogen (secondary N) is 1. The summed E-state index contributed by atoms with van der Waals surface area (Å²) in [5.41, 5.74) is 2.40. The minimum absolute atomic E-state index is 0.321. The average molecular weight is 270 g/mol. The van der Waals surface area contributed by atoms with Gasteiger partial charge in [0, 0.05) is 24.2 Å². The van der Waals surface area contributed by atoms with Crippen molar-refractivity contribution in [2.24, 2.45) is 0 Å². The fourth-order valence-corrected chi connectivity index (χ4v) is 3.07. The van der Waals surface area contributed by atoms with Crippen LogP contribution in [0.1, 0.15) is 37.8 Å². The first-order valence-corrected chi connectivity index (χ1v) is 7.57. The minimum Gasteiger partial charge on any atom is -0.378 e. The smallest absolute Gasteiger partial charge is 0.0749 e. The first-order valence-electron chi connectivity index (χ1n) is 7.57. The highest BCUT2D eigenvalue weighted by Gasteiger charge is 2.22. The maximum absolute atomic E-state index is 5.80. The van der Waals surface area contributed by atoms with Crippen LogP contribution in [0, 0.1) is 0 Å². The van der Waals surface area contributed by atoms with E-state index in [1.165, 1.54) is 23.8 Å². The molecule has 0 saturated carbocycles. The van der Waals surface area contributed by atoms with E-state index in [2.05, 4.69) is 41.5 Å². The summed E-state index contributed by atoms with van der Waals surface area (Å²) in [5.74, 6) is 0. The molecule has 20 heavy (non-hydrogen) atoms. The Kier molecular flexibility index (Phi) is 4.28. The van der Waals surface area contributed by atoms with Crippen molar-refractivity contribution < 1.29 is 4.74 Å². The lowest BCUT2D eigenvalue weighted by molar-refractivity contribution is 0.0949. The molecule has 2 aromatic rings. The summed E-state index contributed by atoms with van der Waals surface area (Å²) in [7, 11) is 0. The molecule has 1 aromatic heterocycles. The van der Waals surface area contributed by atoms with E-state index < -0.39 is 0 Å². The second-order valence-corrected chi connectivity index (χ2v) is 5.40. The van der Waals surface area contributed by atoms with Gasteiger partial charge in [-0.3, -0.25) is 4.98 Å². The fraction of sp³-hybridized carbons (Fsp3) is 0.471. The van der Waals surface area contributed by atoms with Gasteiger partial charge >= 0.3 is 0 Å². The van der Waals surface area contributed by atoms with Crippen LogP contribution < -0.4 is 5.32 Å². The predicted octanol–water partition coefficient (Wildman–Crippen LogP) is 3.45. The number of rotatable bonds is 5. The Labute approximate surface area is 120 Å². The molecule has 1 fully saturated rings. The van der Waals surface area contributed by atoms with Crippen LogP contribution in [0.3, 0.4) is 0 Å². The molecule has 1 aliphatic rings. The van der Waals surface area contributed by atoms with Crippen LogP contribution in [0.15, 0.2) is 36.5 Å². The molecule has 1 aromatic carbocycles. The molecule has 1 saturated heterocycles. The van der Waals surface area contributed by atoms with Crippen LogP contribution in [0.25, 0.3) is 10.9 Å². The molecule has 0 bridgehead atoms. The van der Waals surface area contributed by atoms with E-state index in [1.807, 2.05) is 12.3 Å². The van der Waals surface area contributed by atoms with Crippen molar-refractivity contribution in [1.29, 1.82) is 0 Å². The molecule has 0 amide bonds. The van der Waals surface area contributed by atoms with E-state index in [9.17, 15) is 0 Å². The van der Waals surface area contributed by atoms with E-state index in [0.717, 1.165) is 25.1 Å². The summed E-state index contributed by atoms with van der Waals surface area (Å²) >= 11 is 0. The number of fused-ring (bicyclic) bond motifs is 1. The van der Waals surface area contributed by atoms with Gasteiger partial charge in [-0.25, -0.2) is 0 Å². The number of hydrogen-bond acceptors (Lipinski definition) is 3. The molecule has 2 heterocycles. The Bertz CT molecular complexity index is 558. The highest BCUT2D eigenvalue weighted by molar-refractivity contribution is 5.82. The van der Waals surface area contributed by atoms with Gasteiger partial charge < -0.3 is 10.1 Å². The summed E-state index contributed by atoms with van der Waals surface area (Å²) in [6.07, 6.45) is 5.67.